The van der Waals surface area contributed by atoms with Crippen LogP contribution in [0.15, 0.2) is 70.9 Å². The molecule has 0 spiro atoms. The molecule has 1 saturated heterocycles. The minimum Gasteiger partial charge on any atom is -0.466 e. The maximum Gasteiger partial charge on any atom is 0.309 e. The van der Waals surface area contributed by atoms with Crippen molar-refractivity contribution in [3.05, 3.63) is 83.2 Å². The summed E-state index contributed by atoms with van der Waals surface area (Å²) in [4.78, 5) is 24.8. The summed E-state index contributed by atoms with van der Waals surface area (Å²) in [5.41, 5.74) is 3.48. The Balaban J connectivity index is 1.43. The number of nitrogens with zero attached hydrogens (tertiary/aromatic N) is 5. The number of morpholine rings is 1. The standard InChI is InChI=1S/C29H33N5O3/c1-3-37-29(35)27-23(17-21-7-5-4-6-8-21)26(27)28-31-24(18-25(32-28)34-13-15-36-16-14-34)33-30-19-22-11-9-20(2)10-12-22/h4-12,18,23,26-27H,3,13-17,19H2,1-2H3. The SMILES string of the molecule is CCOC(=O)C1C(Cc2ccccc2)C1c1nc(N=NCc2ccc(C)cc2)cc(N2CCOCC2)n1. The molecule has 1 aliphatic heterocycles. The summed E-state index contributed by atoms with van der Waals surface area (Å²) in [5, 5.41) is 8.88. The van der Waals surface area contributed by atoms with Crippen molar-refractivity contribution in [2.24, 2.45) is 22.1 Å². The van der Waals surface area contributed by atoms with Gasteiger partial charge in [-0.2, -0.15) is 5.11 Å². The monoisotopic (exact) mass is 499 g/mol. The van der Waals surface area contributed by atoms with Crippen LogP contribution < -0.4 is 4.90 Å². The lowest BCUT2D eigenvalue weighted by atomic mass is 10.1. The maximum atomic E-state index is 12.9. The number of ether oxygens (including phenoxy) is 2. The zero-order valence-electron chi connectivity index (χ0n) is 21.4. The van der Waals surface area contributed by atoms with Crippen LogP contribution in [-0.4, -0.2) is 48.8 Å². The quantitative estimate of drug-likeness (QED) is 0.303. The van der Waals surface area contributed by atoms with Crippen LogP contribution in [0.25, 0.3) is 0 Å². The van der Waals surface area contributed by atoms with Gasteiger partial charge in [0.2, 0.25) is 0 Å². The third-order valence-corrected chi connectivity index (χ3v) is 6.94. The van der Waals surface area contributed by atoms with E-state index in [4.69, 9.17) is 19.4 Å². The Labute approximate surface area is 217 Å². The average Bonchev–Trinajstić information content (AvgIpc) is 3.64. The summed E-state index contributed by atoms with van der Waals surface area (Å²) in [7, 11) is 0. The van der Waals surface area contributed by atoms with Gasteiger partial charge in [-0.25, -0.2) is 9.97 Å². The molecular formula is C29H33N5O3. The fourth-order valence-corrected chi connectivity index (χ4v) is 4.90. The molecule has 2 heterocycles. The molecular weight excluding hydrogens is 466 g/mol. The molecule has 3 atom stereocenters. The Bertz CT molecular complexity index is 1230. The zero-order chi connectivity index (χ0) is 25.6. The van der Waals surface area contributed by atoms with Gasteiger partial charge in [0.25, 0.3) is 0 Å². The minimum absolute atomic E-state index is 0.0822. The number of carbonyl (C=O) groups is 1. The van der Waals surface area contributed by atoms with Crippen LogP contribution in [0.3, 0.4) is 0 Å². The van der Waals surface area contributed by atoms with Crippen LogP contribution >= 0.6 is 0 Å². The molecule has 2 aromatic carbocycles. The van der Waals surface area contributed by atoms with E-state index in [9.17, 15) is 4.79 Å². The molecule has 5 rings (SSSR count). The lowest BCUT2D eigenvalue weighted by Gasteiger charge is -2.28. The van der Waals surface area contributed by atoms with Gasteiger partial charge >= 0.3 is 5.97 Å². The maximum absolute atomic E-state index is 12.9. The lowest BCUT2D eigenvalue weighted by molar-refractivity contribution is -0.145. The summed E-state index contributed by atoms with van der Waals surface area (Å²) >= 11 is 0. The number of carbonyl (C=O) groups excluding carboxylic acids is 1. The van der Waals surface area contributed by atoms with Gasteiger partial charge in [-0.15, -0.1) is 5.11 Å². The van der Waals surface area contributed by atoms with Crippen LogP contribution in [0.1, 0.15) is 35.4 Å². The highest BCUT2D eigenvalue weighted by Crippen LogP contribution is 2.55. The summed E-state index contributed by atoms with van der Waals surface area (Å²) in [6.45, 7) is 7.51. The summed E-state index contributed by atoms with van der Waals surface area (Å²) in [6.07, 6.45) is 0.768. The number of aryl methyl sites for hydroxylation is 1. The molecule has 2 aliphatic rings. The van der Waals surface area contributed by atoms with E-state index in [0.717, 1.165) is 30.9 Å². The van der Waals surface area contributed by atoms with E-state index in [2.05, 4.69) is 58.5 Å². The molecule has 3 unspecified atom stereocenters. The fourth-order valence-electron chi connectivity index (χ4n) is 4.90. The van der Waals surface area contributed by atoms with Gasteiger partial charge in [0, 0.05) is 25.1 Å². The molecule has 192 valence electrons. The van der Waals surface area contributed by atoms with Crippen molar-refractivity contribution in [3.8, 4) is 0 Å². The van der Waals surface area contributed by atoms with E-state index in [0.29, 0.717) is 38.0 Å². The Hall–Kier alpha value is -3.65. The van der Waals surface area contributed by atoms with Crippen molar-refractivity contribution in [3.63, 3.8) is 0 Å². The fraction of sp³-hybridized carbons (Fsp3) is 0.414. The van der Waals surface area contributed by atoms with Gasteiger partial charge in [0.05, 0.1) is 32.3 Å². The highest BCUT2D eigenvalue weighted by atomic mass is 16.5. The summed E-state index contributed by atoms with van der Waals surface area (Å²) < 4.78 is 11.0. The van der Waals surface area contributed by atoms with E-state index in [1.807, 2.05) is 31.2 Å². The number of benzene rings is 2. The molecule has 0 N–H and O–H groups in total. The molecule has 0 bridgehead atoms. The van der Waals surface area contributed by atoms with Crippen molar-refractivity contribution >= 4 is 17.6 Å². The first-order valence-electron chi connectivity index (χ1n) is 13.0. The number of hydrogen-bond acceptors (Lipinski definition) is 8. The average molecular weight is 500 g/mol. The zero-order valence-corrected chi connectivity index (χ0v) is 21.4. The number of rotatable bonds is 9. The van der Waals surface area contributed by atoms with E-state index in [1.54, 1.807) is 0 Å². The first kappa shape index (κ1) is 25.0. The van der Waals surface area contributed by atoms with Gasteiger partial charge in [0.15, 0.2) is 5.82 Å². The van der Waals surface area contributed by atoms with E-state index in [-0.39, 0.29) is 23.7 Å². The van der Waals surface area contributed by atoms with Crippen molar-refractivity contribution in [2.45, 2.75) is 32.7 Å². The van der Waals surface area contributed by atoms with Crippen LogP contribution in [0.5, 0.6) is 0 Å². The Morgan fingerprint density at radius 1 is 1.05 bits per heavy atom. The molecule has 37 heavy (non-hydrogen) atoms. The number of azo groups is 1. The molecule has 1 aromatic heterocycles. The smallest absolute Gasteiger partial charge is 0.309 e. The molecule has 3 aromatic rings. The highest BCUT2D eigenvalue weighted by Gasteiger charge is 2.58. The topological polar surface area (TPSA) is 89.3 Å². The predicted molar refractivity (Wildman–Crippen MR) is 141 cm³/mol. The molecule has 0 radical (unpaired) electrons. The van der Waals surface area contributed by atoms with Crippen molar-refractivity contribution in [1.29, 1.82) is 0 Å². The Morgan fingerprint density at radius 3 is 2.54 bits per heavy atom. The van der Waals surface area contributed by atoms with Gasteiger partial charge in [-0.3, -0.25) is 4.79 Å². The first-order valence-corrected chi connectivity index (χ1v) is 13.0. The van der Waals surface area contributed by atoms with Gasteiger partial charge in [-0.1, -0.05) is 60.2 Å². The molecule has 8 nitrogen and oxygen atoms in total. The predicted octanol–water partition coefficient (Wildman–Crippen LogP) is 5.04. The van der Waals surface area contributed by atoms with Crippen LogP contribution in [0.4, 0.5) is 11.6 Å². The summed E-state index contributed by atoms with van der Waals surface area (Å²) in [5.74, 6) is 1.45. The van der Waals surface area contributed by atoms with Crippen LogP contribution in [-0.2, 0) is 27.2 Å². The van der Waals surface area contributed by atoms with Crippen molar-refractivity contribution < 1.29 is 14.3 Å². The normalized spacial score (nSPS) is 21.2. The van der Waals surface area contributed by atoms with Crippen LogP contribution in [0, 0.1) is 18.8 Å². The van der Waals surface area contributed by atoms with E-state index < -0.39 is 0 Å². The third kappa shape index (κ3) is 6.20. The lowest BCUT2D eigenvalue weighted by Crippen LogP contribution is -2.36. The van der Waals surface area contributed by atoms with Crippen LogP contribution in [0.2, 0.25) is 0 Å². The van der Waals surface area contributed by atoms with Crippen molar-refractivity contribution in [2.75, 3.05) is 37.8 Å². The highest BCUT2D eigenvalue weighted by molar-refractivity contribution is 5.78. The van der Waals surface area contributed by atoms with Gasteiger partial charge < -0.3 is 14.4 Å². The second-order valence-electron chi connectivity index (χ2n) is 9.58. The number of hydrogen-bond donors (Lipinski definition) is 0. The number of esters is 1. The minimum atomic E-state index is -0.266. The largest absolute Gasteiger partial charge is 0.466 e. The number of aromatic nitrogens is 2. The van der Waals surface area contributed by atoms with Gasteiger partial charge in [0.1, 0.15) is 11.6 Å². The molecule has 0 amide bonds. The van der Waals surface area contributed by atoms with E-state index >= 15 is 0 Å². The molecule has 1 aliphatic carbocycles. The Kier molecular flexibility index (Phi) is 7.84. The van der Waals surface area contributed by atoms with Crippen molar-refractivity contribution in [1.82, 2.24) is 9.97 Å². The third-order valence-electron chi connectivity index (χ3n) is 6.94. The Morgan fingerprint density at radius 2 is 1.81 bits per heavy atom. The molecule has 1 saturated carbocycles. The number of anilines is 1. The first-order chi connectivity index (χ1) is 18.1. The van der Waals surface area contributed by atoms with Gasteiger partial charge in [-0.05, 0) is 37.3 Å². The summed E-state index contributed by atoms with van der Waals surface area (Å²) in [6, 6.07) is 20.4. The second-order valence-corrected chi connectivity index (χ2v) is 9.58. The molecule has 2 fully saturated rings. The second kappa shape index (κ2) is 11.6. The molecule has 8 heteroatoms. The van der Waals surface area contributed by atoms with E-state index in [1.165, 1.54) is 11.1 Å².